The van der Waals surface area contributed by atoms with Gasteiger partial charge < -0.3 is 10.1 Å². The maximum atomic E-state index is 12.5. The molecule has 0 saturated carbocycles. The first kappa shape index (κ1) is 15.7. The Morgan fingerprint density at radius 2 is 1.76 bits per heavy atom. The van der Waals surface area contributed by atoms with Gasteiger partial charge in [0.1, 0.15) is 5.56 Å². The number of anilines is 1. The normalized spacial score (nSPS) is 10.3. The van der Waals surface area contributed by atoms with Crippen LogP contribution >= 0.6 is 23.2 Å². The molecule has 0 saturated heterocycles. The second kappa shape index (κ2) is 6.37. The molecule has 0 atom stereocenters. The summed E-state index contributed by atoms with van der Waals surface area (Å²) in [6.07, 6.45) is 0. The quantitative estimate of drug-likeness (QED) is 0.874. The van der Waals surface area contributed by atoms with Gasteiger partial charge in [0.2, 0.25) is 0 Å². The number of hydrogen-bond acceptors (Lipinski definition) is 2. The Bertz CT molecular complexity index is 699. The van der Waals surface area contributed by atoms with Crippen molar-refractivity contribution in [2.75, 3.05) is 12.4 Å². The molecule has 0 heterocycles. The minimum atomic E-state index is -0.354. The lowest BCUT2D eigenvalue weighted by atomic mass is 10.1. The number of carbonyl (C=O) groups is 1. The first-order chi connectivity index (χ1) is 9.95. The summed E-state index contributed by atoms with van der Waals surface area (Å²) in [4.78, 5) is 12.5. The van der Waals surface area contributed by atoms with Crippen LogP contribution in [0.25, 0.3) is 0 Å². The van der Waals surface area contributed by atoms with E-state index < -0.39 is 0 Å². The third kappa shape index (κ3) is 3.14. The van der Waals surface area contributed by atoms with Gasteiger partial charge in [-0.3, -0.25) is 4.79 Å². The Labute approximate surface area is 133 Å². The molecule has 5 heteroatoms. The summed E-state index contributed by atoms with van der Waals surface area (Å²) in [5.41, 5.74) is 3.06. The Morgan fingerprint density at radius 3 is 2.43 bits per heavy atom. The third-order valence-corrected chi connectivity index (χ3v) is 3.96. The molecule has 21 heavy (non-hydrogen) atoms. The van der Waals surface area contributed by atoms with Crippen molar-refractivity contribution >= 4 is 34.8 Å². The van der Waals surface area contributed by atoms with Gasteiger partial charge in [-0.25, -0.2) is 0 Å². The molecule has 0 radical (unpaired) electrons. The fourth-order valence-corrected chi connectivity index (χ4v) is 2.48. The largest absolute Gasteiger partial charge is 0.494 e. The van der Waals surface area contributed by atoms with E-state index in [4.69, 9.17) is 27.9 Å². The summed E-state index contributed by atoms with van der Waals surface area (Å²) in [6.45, 7) is 3.93. The number of ether oxygens (including phenoxy) is 1. The lowest BCUT2D eigenvalue weighted by molar-refractivity contribution is 0.102. The lowest BCUT2D eigenvalue weighted by Gasteiger charge is -2.14. The molecule has 0 fully saturated rings. The number of methoxy groups -OCH3 is 1. The number of hydrogen-bond donors (Lipinski definition) is 1. The highest BCUT2D eigenvalue weighted by Gasteiger charge is 2.20. The summed E-state index contributed by atoms with van der Waals surface area (Å²) in [7, 11) is 1.45. The van der Waals surface area contributed by atoms with Gasteiger partial charge in [0.05, 0.1) is 17.2 Å². The molecule has 1 amide bonds. The maximum absolute atomic E-state index is 12.5. The summed E-state index contributed by atoms with van der Waals surface area (Å²) in [5.74, 6) is -0.0833. The zero-order valence-corrected chi connectivity index (χ0v) is 13.5. The van der Waals surface area contributed by atoms with E-state index in [-0.39, 0.29) is 17.2 Å². The van der Waals surface area contributed by atoms with Crippen LogP contribution < -0.4 is 10.1 Å². The number of rotatable bonds is 3. The van der Waals surface area contributed by atoms with E-state index in [9.17, 15) is 4.79 Å². The lowest BCUT2D eigenvalue weighted by Crippen LogP contribution is -2.15. The Kier molecular flexibility index (Phi) is 4.76. The van der Waals surface area contributed by atoms with Gasteiger partial charge in [-0.05, 0) is 43.2 Å². The van der Waals surface area contributed by atoms with Crippen molar-refractivity contribution in [1.29, 1.82) is 0 Å². The topological polar surface area (TPSA) is 38.3 Å². The molecule has 0 aliphatic carbocycles. The minimum Gasteiger partial charge on any atom is -0.494 e. The second-order valence-electron chi connectivity index (χ2n) is 4.64. The van der Waals surface area contributed by atoms with Crippen LogP contribution in [0.1, 0.15) is 21.5 Å². The first-order valence-electron chi connectivity index (χ1n) is 6.35. The highest BCUT2D eigenvalue weighted by atomic mass is 35.5. The van der Waals surface area contributed by atoms with E-state index in [0.717, 1.165) is 16.8 Å². The number of amides is 1. The average molecular weight is 324 g/mol. The Hall–Kier alpha value is -1.71. The third-order valence-electron chi connectivity index (χ3n) is 3.34. The molecular formula is C16H15Cl2NO2. The van der Waals surface area contributed by atoms with Crippen LogP contribution in [0, 0.1) is 13.8 Å². The van der Waals surface area contributed by atoms with Crippen LogP contribution in [0.3, 0.4) is 0 Å². The van der Waals surface area contributed by atoms with Crippen molar-refractivity contribution < 1.29 is 9.53 Å². The molecule has 1 N–H and O–H groups in total. The maximum Gasteiger partial charge on any atom is 0.261 e. The van der Waals surface area contributed by atoms with Crippen LogP contribution in [0.4, 0.5) is 5.69 Å². The number of benzene rings is 2. The summed E-state index contributed by atoms with van der Waals surface area (Å²) in [5, 5.41) is 3.48. The van der Waals surface area contributed by atoms with Gasteiger partial charge in [0.15, 0.2) is 5.75 Å². The molecule has 0 unspecified atom stereocenters. The summed E-state index contributed by atoms with van der Waals surface area (Å²) < 4.78 is 5.19. The molecule has 110 valence electrons. The number of carbonyl (C=O) groups excluding carboxylic acids is 1. The number of aryl methyl sites for hydroxylation is 1. The minimum absolute atomic E-state index is 0.229. The van der Waals surface area contributed by atoms with Crippen LogP contribution in [-0.2, 0) is 0 Å². The van der Waals surface area contributed by atoms with E-state index in [1.54, 1.807) is 12.1 Å². The van der Waals surface area contributed by atoms with Gasteiger partial charge in [0, 0.05) is 5.69 Å². The fourth-order valence-electron chi connectivity index (χ4n) is 2.02. The van der Waals surface area contributed by atoms with Crippen molar-refractivity contribution in [3.8, 4) is 5.75 Å². The van der Waals surface area contributed by atoms with E-state index in [0.29, 0.717) is 10.0 Å². The zero-order valence-electron chi connectivity index (χ0n) is 12.0. The van der Waals surface area contributed by atoms with Gasteiger partial charge in [-0.2, -0.15) is 0 Å². The van der Waals surface area contributed by atoms with Gasteiger partial charge in [-0.15, -0.1) is 0 Å². The second-order valence-corrected chi connectivity index (χ2v) is 5.45. The number of halogens is 2. The highest BCUT2D eigenvalue weighted by Crippen LogP contribution is 2.34. The molecule has 2 aromatic rings. The standard InChI is InChI=1S/C16H15Cl2NO2/c1-9-5-4-6-13(10(9)2)19-16(20)14-11(17)7-8-12(18)15(14)21-3/h4-8H,1-3H3,(H,19,20). The van der Waals surface area contributed by atoms with Gasteiger partial charge in [0.25, 0.3) is 5.91 Å². The van der Waals surface area contributed by atoms with Gasteiger partial charge in [-0.1, -0.05) is 35.3 Å². The molecule has 2 aromatic carbocycles. The van der Waals surface area contributed by atoms with E-state index in [1.165, 1.54) is 7.11 Å². The fraction of sp³-hybridized carbons (Fsp3) is 0.188. The van der Waals surface area contributed by atoms with Crippen molar-refractivity contribution in [1.82, 2.24) is 0 Å². The first-order valence-corrected chi connectivity index (χ1v) is 7.11. The van der Waals surface area contributed by atoms with Crippen molar-refractivity contribution in [2.45, 2.75) is 13.8 Å². The zero-order chi connectivity index (χ0) is 15.6. The average Bonchev–Trinajstić information content (AvgIpc) is 2.45. The van der Waals surface area contributed by atoms with Crippen LogP contribution in [0.5, 0.6) is 5.75 Å². The molecule has 0 spiro atoms. The SMILES string of the molecule is COc1c(Cl)ccc(Cl)c1C(=O)Nc1cccc(C)c1C. The highest BCUT2D eigenvalue weighted by molar-refractivity contribution is 6.37. The Morgan fingerprint density at radius 1 is 1.10 bits per heavy atom. The smallest absolute Gasteiger partial charge is 0.261 e. The van der Waals surface area contributed by atoms with Gasteiger partial charge >= 0.3 is 0 Å². The van der Waals surface area contributed by atoms with E-state index >= 15 is 0 Å². The van der Waals surface area contributed by atoms with E-state index in [1.807, 2.05) is 32.0 Å². The molecule has 0 aliphatic heterocycles. The van der Waals surface area contributed by atoms with Crippen molar-refractivity contribution in [3.05, 3.63) is 57.1 Å². The number of nitrogens with one attached hydrogen (secondary N) is 1. The molecule has 0 aromatic heterocycles. The monoisotopic (exact) mass is 323 g/mol. The summed E-state index contributed by atoms with van der Waals surface area (Å²) >= 11 is 12.2. The van der Waals surface area contributed by atoms with E-state index in [2.05, 4.69) is 5.32 Å². The molecule has 3 nitrogen and oxygen atoms in total. The Balaban J connectivity index is 2.42. The van der Waals surface area contributed by atoms with Crippen LogP contribution in [0.2, 0.25) is 10.0 Å². The molecular weight excluding hydrogens is 309 g/mol. The molecule has 0 bridgehead atoms. The van der Waals surface area contributed by atoms with Crippen molar-refractivity contribution in [3.63, 3.8) is 0 Å². The molecule has 0 aliphatic rings. The summed E-state index contributed by atoms with van der Waals surface area (Å²) in [6, 6.07) is 8.87. The molecule has 2 rings (SSSR count). The predicted molar refractivity (Wildman–Crippen MR) is 86.9 cm³/mol. The van der Waals surface area contributed by atoms with Crippen LogP contribution in [-0.4, -0.2) is 13.0 Å². The predicted octanol–water partition coefficient (Wildman–Crippen LogP) is 4.87. The van der Waals surface area contributed by atoms with Crippen molar-refractivity contribution in [2.24, 2.45) is 0 Å². The van der Waals surface area contributed by atoms with Crippen LogP contribution in [0.15, 0.2) is 30.3 Å².